The quantitative estimate of drug-likeness (QED) is 0.173. The van der Waals surface area contributed by atoms with Crippen molar-refractivity contribution in [3.8, 4) is 10.4 Å². The van der Waals surface area contributed by atoms with E-state index in [0.29, 0.717) is 15.7 Å². The predicted octanol–water partition coefficient (Wildman–Crippen LogP) is 7.43. The smallest absolute Gasteiger partial charge is 0.340 e. The molecule has 0 amide bonds. The van der Waals surface area contributed by atoms with Crippen molar-refractivity contribution < 1.29 is 9.53 Å². The Morgan fingerprint density at radius 3 is 2.09 bits per heavy atom. The molecule has 33 heavy (non-hydrogen) atoms. The third-order valence-corrected chi connectivity index (χ3v) is 5.89. The number of nitrogens with one attached hydrogen (secondary N) is 2. The number of ether oxygens (including phenoxy) is 1. The molecule has 4 aromatic rings. The number of thiophene rings is 1. The standard InChI is InChI=1S/C25H20N4O2S2/c1-31-24(30)21-16-22(17-8-4-2-5-9-17)33-23(21)27-25(32)26-18-12-14-20(15-13-18)29-28-19-10-6-3-7-11-19/h2-16H,1H3,(H2,26,27,32). The number of esters is 1. The van der Waals surface area contributed by atoms with Gasteiger partial charge in [0.2, 0.25) is 0 Å². The van der Waals surface area contributed by atoms with Crippen molar-refractivity contribution >= 4 is 56.7 Å². The molecule has 0 unspecified atom stereocenters. The van der Waals surface area contributed by atoms with Crippen LogP contribution in [0.25, 0.3) is 10.4 Å². The first-order chi connectivity index (χ1) is 16.1. The molecule has 0 aliphatic heterocycles. The van der Waals surface area contributed by atoms with Crippen LogP contribution in [-0.2, 0) is 4.74 Å². The van der Waals surface area contributed by atoms with Gasteiger partial charge in [-0.3, -0.25) is 0 Å². The summed E-state index contributed by atoms with van der Waals surface area (Å²) >= 11 is 6.90. The average Bonchev–Trinajstić information content (AvgIpc) is 3.28. The van der Waals surface area contributed by atoms with Crippen LogP contribution in [0.5, 0.6) is 0 Å². The highest BCUT2D eigenvalue weighted by atomic mass is 32.1. The lowest BCUT2D eigenvalue weighted by Gasteiger charge is -2.10. The van der Waals surface area contributed by atoms with E-state index in [4.69, 9.17) is 17.0 Å². The molecule has 0 spiro atoms. The van der Waals surface area contributed by atoms with Crippen molar-refractivity contribution in [2.45, 2.75) is 0 Å². The lowest BCUT2D eigenvalue weighted by Crippen LogP contribution is -2.19. The van der Waals surface area contributed by atoms with E-state index in [0.717, 1.165) is 27.5 Å². The number of methoxy groups -OCH3 is 1. The fourth-order valence-electron chi connectivity index (χ4n) is 2.98. The number of carbonyl (C=O) groups excluding carboxylic acids is 1. The van der Waals surface area contributed by atoms with Crippen LogP contribution in [0.1, 0.15) is 10.4 Å². The Morgan fingerprint density at radius 2 is 1.45 bits per heavy atom. The number of carbonyl (C=O) groups is 1. The zero-order valence-electron chi connectivity index (χ0n) is 17.7. The van der Waals surface area contributed by atoms with Crippen LogP contribution in [0.3, 0.4) is 0 Å². The lowest BCUT2D eigenvalue weighted by atomic mass is 10.1. The Morgan fingerprint density at radius 1 is 0.848 bits per heavy atom. The molecule has 1 aromatic heterocycles. The minimum atomic E-state index is -0.424. The van der Waals surface area contributed by atoms with Gasteiger partial charge < -0.3 is 15.4 Å². The summed E-state index contributed by atoms with van der Waals surface area (Å²) in [6.45, 7) is 0. The van der Waals surface area contributed by atoms with Gasteiger partial charge in [0.25, 0.3) is 0 Å². The molecule has 1 heterocycles. The molecular formula is C25H20N4O2S2. The topological polar surface area (TPSA) is 75.1 Å². The lowest BCUT2D eigenvalue weighted by molar-refractivity contribution is 0.0602. The van der Waals surface area contributed by atoms with Gasteiger partial charge >= 0.3 is 5.97 Å². The van der Waals surface area contributed by atoms with Crippen LogP contribution in [0.4, 0.5) is 22.1 Å². The molecule has 8 heteroatoms. The van der Waals surface area contributed by atoms with Gasteiger partial charge in [0.05, 0.1) is 24.0 Å². The van der Waals surface area contributed by atoms with E-state index in [1.165, 1.54) is 18.4 Å². The molecular weight excluding hydrogens is 452 g/mol. The summed E-state index contributed by atoms with van der Waals surface area (Å²) in [6.07, 6.45) is 0. The highest BCUT2D eigenvalue weighted by Crippen LogP contribution is 2.36. The highest BCUT2D eigenvalue weighted by molar-refractivity contribution is 7.80. The van der Waals surface area contributed by atoms with E-state index < -0.39 is 5.97 Å². The molecule has 0 saturated heterocycles. The molecule has 3 aromatic carbocycles. The van der Waals surface area contributed by atoms with E-state index >= 15 is 0 Å². The first-order valence-corrected chi connectivity index (χ1v) is 11.3. The van der Waals surface area contributed by atoms with Crippen LogP contribution in [0, 0.1) is 0 Å². The van der Waals surface area contributed by atoms with E-state index in [2.05, 4.69) is 20.9 Å². The van der Waals surface area contributed by atoms with Gasteiger partial charge in [-0.25, -0.2) is 4.79 Å². The minimum absolute atomic E-state index is 0.361. The number of nitrogens with zero attached hydrogens (tertiary/aromatic N) is 2. The summed E-state index contributed by atoms with van der Waals surface area (Å²) in [7, 11) is 1.36. The van der Waals surface area contributed by atoms with Crippen LogP contribution in [-0.4, -0.2) is 18.2 Å². The molecule has 0 fully saturated rings. The van der Waals surface area contributed by atoms with Gasteiger partial charge in [0, 0.05) is 10.6 Å². The SMILES string of the molecule is COC(=O)c1cc(-c2ccccc2)sc1NC(=S)Nc1ccc(N=Nc2ccccc2)cc1. The predicted molar refractivity (Wildman–Crippen MR) is 138 cm³/mol. The molecule has 164 valence electrons. The number of benzene rings is 3. The van der Waals surface area contributed by atoms with Gasteiger partial charge in [-0.05, 0) is 60.2 Å². The van der Waals surface area contributed by atoms with Crippen LogP contribution in [0.2, 0.25) is 0 Å². The average molecular weight is 473 g/mol. The van der Waals surface area contributed by atoms with Crippen LogP contribution >= 0.6 is 23.6 Å². The van der Waals surface area contributed by atoms with Gasteiger partial charge in [0.1, 0.15) is 5.00 Å². The number of hydrogen-bond acceptors (Lipinski definition) is 6. The Kier molecular flexibility index (Phi) is 7.19. The summed E-state index contributed by atoms with van der Waals surface area (Å²) in [4.78, 5) is 13.2. The molecule has 4 rings (SSSR count). The summed E-state index contributed by atoms with van der Waals surface area (Å²) in [5, 5.41) is 15.7. The third kappa shape index (κ3) is 5.88. The Bertz CT molecular complexity index is 1270. The van der Waals surface area contributed by atoms with Crippen molar-refractivity contribution in [1.82, 2.24) is 0 Å². The molecule has 0 atom stereocenters. The molecule has 2 N–H and O–H groups in total. The molecule has 0 bridgehead atoms. The Labute approximate surface area is 201 Å². The van der Waals surface area contributed by atoms with Gasteiger partial charge in [-0.1, -0.05) is 48.5 Å². The number of hydrogen-bond donors (Lipinski definition) is 2. The van der Waals surface area contributed by atoms with Gasteiger partial charge in [-0.15, -0.1) is 11.3 Å². The number of anilines is 2. The molecule has 0 radical (unpaired) electrons. The zero-order valence-corrected chi connectivity index (χ0v) is 19.3. The van der Waals surface area contributed by atoms with Crippen molar-refractivity contribution in [2.75, 3.05) is 17.7 Å². The summed E-state index contributed by atoms with van der Waals surface area (Å²) in [6, 6.07) is 28.6. The van der Waals surface area contributed by atoms with Crippen molar-refractivity contribution in [2.24, 2.45) is 10.2 Å². The fraction of sp³-hybridized carbons (Fsp3) is 0.0400. The maximum atomic E-state index is 12.3. The fourth-order valence-corrected chi connectivity index (χ4v) is 4.32. The molecule has 0 saturated carbocycles. The zero-order chi connectivity index (χ0) is 23.0. The molecule has 0 aliphatic carbocycles. The first-order valence-electron chi connectivity index (χ1n) is 10.0. The minimum Gasteiger partial charge on any atom is -0.465 e. The van der Waals surface area contributed by atoms with Gasteiger partial charge in [-0.2, -0.15) is 10.2 Å². The number of thiocarbonyl (C=S) groups is 1. The second-order valence-corrected chi connectivity index (χ2v) is 8.33. The van der Waals surface area contributed by atoms with Crippen LogP contribution < -0.4 is 10.6 Å². The second kappa shape index (κ2) is 10.6. The molecule has 0 aliphatic rings. The highest BCUT2D eigenvalue weighted by Gasteiger charge is 2.18. The largest absolute Gasteiger partial charge is 0.465 e. The van der Waals surface area contributed by atoms with Crippen molar-refractivity contribution in [3.63, 3.8) is 0 Å². The van der Waals surface area contributed by atoms with Crippen LogP contribution in [0.15, 0.2) is 101 Å². The Balaban J connectivity index is 1.44. The maximum Gasteiger partial charge on any atom is 0.340 e. The van der Waals surface area contributed by atoms with Crippen molar-refractivity contribution in [1.29, 1.82) is 0 Å². The number of azo groups is 1. The normalized spacial score (nSPS) is 10.7. The van der Waals surface area contributed by atoms with E-state index in [9.17, 15) is 4.79 Å². The summed E-state index contributed by atoms with van der Waals surface area (Å²) in [5.41, 5.74) is 3.74. The monoisotopic (exact) mass is 472 g/mol. The van der Waals surface area contributed by atoms with Crippen molar-refractivity contribution in [3.05, 3.63) is 96.6 Å². The third-order valence-electron chi connectivity index (χ3n) is 4.59. The summed E-state index contributed by atoms with van der Waals surface area (Å²) in [5.74, 6) is -0.424. The van der Waals surface area contributed by atoms with E-state index in [-0.39, 0.29) is 0 Å². The maximum absolute atomic E-state index is 12.3. The van der Waals surface area contributed by atoms with E-state index in [1.54, 1.807) is 0 Å². The second-order valence-electron chi connectivity index (χ2n) is 6.87. The summed E-state index contributed by atoms with van der Waals surface area (Å²) < 4.78 is 4.94. The van der Waals surface area contributed by atoms with E-state index in [1.807, 2.05) is 91.0 Å². The Hall–Kier alpha value is -3.88. The number of rotatable bonds is 6. The molecule has 6 nitrogen and oxygen atoms in total. The van der Waals surface area contributed by atoms with Gasteiger partial charge in [0.15, 0.2) is 5.11 Å². The first kappa shape index (κ1) is 22.3.